The molecule has 0 bridgehead atoms. The van der Waals surface area contributed by atoms with Crippen molar-refractivity contribution >= 4 is 67.2 Å². The molecule has 298 valence electrons. The molecule has 0 atom stereocenters. The highest BCUT2D eigenvalue weighted by molar-refractivity contribution is 6.03. The Balaban J connectivity index is 0.000000246. The fraction of sp³-hybridized carbons (Fsp3) is 0.261. The van der Waals surface area contributed by atoms with Crippen molar-refractivity contribution in [2.45, 2.75) is 66.0 Å². The Labute approximate surface area is 334 Å². The van der Waals surface area contributed by atoms with Gasteiger partial charge in [-0.3, -0.25) is 9.59 Å². The molecule has 0 spiro atoms. The number of nitrogens with one attached hydrogen (secondary N) is 2. The van der Waals surface area contributed by atoms with Gasteiger partial charge in [-0.25, -0.2) is 9.59 Å². The molecule has 0 saturated heterocycles. The molecule has 0 aliphatic rings. The van der Waals surface area contributed by atoms with Crippen LogP contribution in [0.2, 0.25) is 0 Å². The topological polar surface area (TPSA) is 160 Å². The number of aliphatic hydroxyl groups excluding tert-OH is 1. The summed E-state index contributed by atoms with van der Waals surface area (Å²) >= 11 is 0. The number of aliphatic carboxylic acids is 1. The predicted molar refractivity (Wildman–Crippen MR) is 225 cm³/mol. The lowest BCUT2D eigenvalue weighted by Crippen LogP contribution is -2.36. The third-order valence-corrected chi connectivity index (χ3v) is 7.86. The van der Waals surface area contributed by atoms with E-state index in [4.69, 9.17) is 20.7 Å². The van der Waals surface area contributed by atoms with Gasteiger partial charge in [-0.1, -0.05) is 97.1 Å². The summed E-state index contributed by atoms with van der Waals surface area (Å²) in [4.78, 5) is 44.5. The van der Waals surface area contributed by atoms with Gasteiger partial charge in [0.2, 0.25) is 0 Å². The van der Waals surface area contributed by atoms with E-state index in [1.54, 1.807) is 41.5 Å². The first-order valence-corrected chi connectivity index (χ1v) is 18.0. The standard InChI is InChI=1S/C22H23NO4.C15H12O.C7H13NO4.C2H2/c1-22(2,3)27-21(25)23-13-20(24)26-14-19-17-10-6-4-8-15(17)12-16-9-5-7-11-18(16)19;16-10-15-13-7-3-1-5-11(13)9-12-6-2-4-8-14(12)15;1-7(2,3)12-6(11)8-4-5(9)10;1-2/h4-12H,13-14H2,1-3H3,(H,23,25);1-9,16H,10H2;4H2,1-3H3,(H,8,11)(H,9,10);1-2H/i;;;1D. The molecule has 2 amide bonds. The van der Waals surface area contributed by atoms with Crippen molar-refractivity contribution in [1.29, 1.82) is 0 Å². The van der Waals surface area contributed by atoms with Crippen molar-refractivity contribution in [3.8, 4) is 12.8 Å². The van der Waals surface area contributed by atoms with E-state index in [1.807, 2.05) is 72.8 Å². The van der Waals surface area contributed by atoms with Crippen molar-refractivity contribution < 1.29 is 45.0 Å². The fourth-order valence-electron chi connectivity index (χ4n) is 5.67. The van der Waals surface area contributed by atoms with E-state index in [0.717, 1.165) is 43.4 Å². The normalized spacial score (nSPS) is 10.9. The first kappa shape index (κ1) is 43.1. The van der Waals surface area contributed by atoms with Gasteiger partial charge in [0.05, 0.1) is 6.61 Å². The minimum absolute atomic E-state index is 0.0852. The number of carbonyl (C=O) groups excluding carboxylic acids is 3. The van der Waals surface area contributed by atoms with Crippen molar-refractivity contribution in [2.24, 2.45) is 0 Å². The molecule has 0 aromatic heterocycles. The van der Waals surface area contributed by atoms with E-state index in [0.29, 0.717) is 0 Å². The van der Waals surface area contributed by atoms with E-state index in [1.165, 1.54) is 17.2 Å². The summed E-state index contributed by atoms with van der Waals surface area (Å²) in [5.41, 5.74) is 0.765. The minimum Gasteiger partial charge on any atom is -0.480 e. The number of amides is 2. The molecular formula is C46H50N2O9. The molecule has 6 rings (SSSR count). The van der Waals surface area contributed by atoms with Crippen LogP contribution in [-0.4, -0.2) is 58.6 Å². The van der Waals surface area contributed by atoms with Gasteiger partial charge in [-0.05, 0) is 102 Å². The van der Waals surface area contributed by atoms with Gasteiger partial charge >= 0.3 is 24.1 Å². The number of hydrogen-bond acceptors (Lipinski definition) is 8. The van der Waals surface area contributed by atoms with Crippen LogP contribution in [0.15, 0.2) is 109 Å². The zero-order chi connectivity index (χ0) is 42.9. The smallest absolute Gasteiger partial charge is 0.408 e. The van der Waals surface area contributed by atoms with Gasteiger partial charge in [-0.15, -0.1) is 12.8 Å². The first-order chi connectivity index (χ1) is 27.5. The van der Waals surface area contributed by atoms with Crippen LogP contribution >= 0.6 is 0 Å². The number of ether oxygens (including phenoxy) is 3. The summed E-state index contributed by atoms with van der Waals surface area (Å²) in [6, 6.07) is 36.7. The van der Waals surface area contributed by atoms with Crippen LogP contribution < -0.4 is 10.6 Å². The molecule has 0 radical (unpaired) electrons. The van der Waals surface area contributed by atoms with Gasteiger partial charge in [0.1, 0.15) is 32.3 Å². The Hall–Kier alpha value is -6.64. The fourth-order valence-corrected chi connectivity index (χ4v) is 5.67. The van der Waals surface area contributed by atoms with Crippen LogP contribution in [0.5, 0.6) is 0 Å². The van der Waals surface area contributed by atoms with E-state index in [2.05, 4.69) is 53.5 Å². The minimum atomic E-state index is -1.10. The number of alkyl carbamates (subject to hydrolysis) is 2. The number of carbonyl (C=O) groups is 4. The van der Waals surface area contributed by atoms with E-state index < -0.39 is 41.9 Å². The highest BCUT2D eigenvalue weighted by Crippen LogP contribution is 2.30. The average molecular weight is 776 g/mol. The zero-order valence-corrected chi connectivity index (χ0v) is 33.1. The number of carboxylic acid groups (broad SMARTS) is 1. The van der Waals surface area contributed by atoms with Gasteiger partial charge in [0.15, 0.2) is 0 Å². The maximum absolute atomic E-state index is 12.1. The lowest BCUT2D eigenvalue weighted by Gasteiger charge is -2.19. The van der Waals surface area contributed by atoms with Crippen LogP contribution in [0.4, 0.5) is 9.59 Å². The highest BCUT2D eigenvalue weighted by atomic mass is 16.6. The Morgan fingerprint density at radius 2 is 0.947 bits per heavy atom. The van der Waals surface area contributed by atoms with Crippen LogP contribution in [-0.2, 0) is 37.0 Å². The molecular weight excluding hydrogens is 725 g/mol. The predicted octanol–water partition coefficient (Wildman–Crippen LogP) is 8.89. The molecule has 0 fully saturated rings. The van der Waals surface area contributed by atoms with Crippen LogP contribution in [0, 0.1) is 12.8 Å². The summed E-state index contributed by atoms with van der Waals surface area (Å²) < 4.78 is 21.0. The molecule has 11 heteroatoms. The lowest BCUT2D eigenvalue weighted by molar-refractivity contribution is -0.143. The Morgan fingerprint density at radius 1 is 0.614 bits per heavy atom. The summed E-state index contributed by atoms with van der Waals surface area (Å²) in [6.45, 7) is 9.95. The van der Waals surface area contributed by atoms with E-state index in [9.17, 15) is 24.3 Å². The second-order valence-electron chi connectivity index (χ2n) is 14.5. The summed E-state index contributed by atoms with van der Waals surface area (Å²) in [5, 5.41) is 31.1. The van der Waals surface area contributed by atoms with E-state index >= 15 is 0 Å². The van der Waals surface area contributed by atoms with Gasteiger partial charge in [0, 0.05) is 5.56 Å². The third kappa shape index (κ3) is 14.2. The molecule has 11 nitrogen and oxygen atoms in total. The monoisotopic (exact) mass is 775 g/mol. The Kier molecular flexibility index (Phi) is 15.8. The summed E-state index contributed by atoms with van der Waals surface area (Å²) in [5.74, 6) is -1.61. The molecule has 4 N–H and O–H groups in total. The summed E-state index contributed by atoms with van der Waals surface area (Å²) in [7, 11) is 0. The third-order valence-electron chi connectivity index (χ3n) is 7.86. The van der Waals surface area contributed by atoms with E-state index in [-0.39, 0.29) is 19.8 Å². The maximum Gasteiger partial charge on any atom is 0.408 e. The molecule has 0 unspecified atom stereocenters. The molecule has 0 aliphatic carbocycles. The number of hydrogen-bond donors (Lipinski definition) is 4. The van der Waals surface area contributed by atoms with Crippen molar-refractivity contribution in [3.05, 3.63) is 120 Å². The largest absolute Gasteiger partial charge is 0.480 e. The average Bonchev–Trinajstić information content (AvgIpc) is 3.16. The number of rotatable bonds is 7. The lowest BCUT2D eigenvalue weighted by atomic mass is 9.97. The number of fused-ring (bicyclic) bond motifs is 4. The molecule has 6 aromatic rings. The molecule has 0 aliphatic heterocycles. The molecule has 6 aromatic carbocycles. The number of carboxylic acids is 1. The number of esters is 1. The zero-order valence-electron chi connectivity index (χ0n) is 34.1. The number of benzene rings is 6. The quantitative estimate of drug-likeness (QED) is 0.0537. The SMILES string of the molecule is CC(C)(C)OC(=O)NCC(=O)O.CC(C)(C)OC(=O)NCC(=O)OCc1c2ccccc2cc2ccccc12.OCc1c2ccccc2cc2ccccc12.[2H]C#C. The second-order valence-corrected chi connectivity index (χ2v) is 14.5. The van der Waals surface area contributed by atoms with Crippen molar-refractivity contribution in [1.82, 2.24) is 10.6 Å². The molecule has 0 heterocycles. The summed E-state index contributed by atoms with van der Waals surface area (Å²) in [6.07, 6.45) is 4.40. The van der Waals surface area contributed by atoms with Gasteiger partial charge in [-0.2, -0.15) is 0 Å². The number of aliphatic hydroxyl groups is 1. The van der Waals surface area contributed by atoms with Crippen molar-refractivity contribution in [2.75, 3.05) is 13.1 Å². The van der Waals surface area contributed by atoms with Crippen LogP contribution in [0.25, 0.3) is 43.1 Å². The second kappa shape index (κ2) is 20.9. The number of terminal acetylenes is 1. The highest BCUT2D eigenvalue weighted by Gasteiger charge is 2.18. The first-order valence-electron chi connectivity index (χ1n) is 18.5. The van der Waals surface area contributed by atoms with Crippen molar-refractivity contribution in [3.63, 3.8) is 0 Å². The van der Waals surface area contributed by atoms with Gasteiger partial charge < -0.3 is 35.1 Å². The van der Waals surface area contributed by atoms with Gasteiger partial charge in [0.25, 0.3) is 0 Å². The van der Waals surface area contributed by atoms with Crippen LogP contribution in [0.3, 0.4) is 0 Å². The molecule has 57 heavy (non-hydrogen) atoms. The Morgan fingerprint density at radius 3 is 1.28 bits per heavy atom. The maximum atomic E-state index is 12.1. The van der Waals surface area contributed by atoms with Crippen LogP contribution in [0.1, 0.15) is 54.0 Å². The molecule has 0 saturated carbocycles. The Bertz CT molecular complexity index is 2280.